The highest BCUT2D eigenvalue weighted by molar-refractivity contribution is 7.21. The van der Waals surface area contributed by atoms with Crippen molar-refractivity contribution in [2.75, 3.05) is 18.8 Å². The molecule has 5 heteroatoms. The zero-order valence-corrected chi connectivity index (χ0v) is 12.7. The summed E-state index contributed by atoms with van der Waals surface area (Å²) in [6.45, 7) is 5.83. The number of aryl methyl sites for hydroxylation is 1. The van der Waals surface area contributed by atoms with Crippen molar-refractivity contribution in [3.8, 4) is 0 Å². The maximum Gasteiger partial charge on any atom is 0.266 e. The topological polar surface area (TPSA) is 59.2 Å². The Bertz CT molecular complexity index is 664. The molecule has 0 aromatic carbocycles. The van der Waals surface area contributed by atoms with Crippen LogP contribution in [0.5, 0.6) is 0 Å². The fourth-order valence-corrected chi connectivity index (χ4v) is 3.85. The molecule has 1 aliphatic rings. The summed E-state index contributed by atoms with van der Waals surface area (Å²) in [5, 5.41) is 0.898. The average molecular weight is 289 g/mol. The molecule has 20 heavy (non-hydrogen) atoms. The Morgan fingerprint density at radius 2 is 2.35 bits per heavy atom. The van der Waals surface area contributed by atoms with E-state index in [9.17, 15) is 4.79 Å². The van der Waals surface area contributed by atoms with Gasteiger partial charge >= 0.3 is 0 Å². The maximum absolute atomic E-state index is 12.6. The van der Waals surface area contributed by atoms with E-state index >= 15 is 0 Å². The molecule has 1 unspecified atom stereocenters. The minimum absolute atomic E-state index is 0.0686. The van der Waals surface area contributed by atoms with Crippen molar-refractivity contribution in [3.63, 3.8) is 0 Å². The Morgan fingerprint density at radius 3 is 3.05 bits per heavy atom. The standard InChI is InChI=1S/C15H19N3OS/c1-3-10-6-7-18(8-10)15(19)13-12(16)11-5-4-9(2)17-14(11)20-13/h4-5,10H,3,6-8,16H2,1-2H3. The molecule has 1 atom stereocenters. The van der Waals surface area contributed by atoms with Crippen molar-refractivity contribution < 1.29 is 4.79 Å². The second-order valence-corrected chi connectivity index (χ2v) is 6.46. The van der Waals surface area contributed by atoms with Gasteiger partial charge in [-0.1, -0.05) is 13.3 Å². The van der Waals surface area contributed by atoms with E-state index in [4.69, 9.17) is 5.73 Å². The summed E-state index contributed by atoms with van der Waals surface area (Å²) in [7, 11) is 0. The van der Waals surface area contributed by atoms with Gasteiger partial charge in [-0.05, 0) is 31.4 Å². The van der Waals surface area contributed by atoms with E-state index in [-0.39, 0.29) is 5.91 Å². The molecule has 2 aromatic heterocycles. The molecule has 4 nitrogen and oxygen atoms in total. The third-order valence-electron chi connectivity index (χ3n) is 4.08. The molecule has 3 heterocycles. The van der Waals surface area contributed by atoms with Gasteiger partial charge in [0.25, 0.3) is 5.91 Å². The summed E-state index contributed by atoms with van der Waals surface area (Å²) in [5.41, 5.74) is 7.68. The van der Waals surface area contributed by atoms with Gasteiger partial charge in [-0.3, -0.25) is 4.79 Å². The number of carbonyl (C=O) groups excluding carboxylic acids is 1. The Labute approximate surface area is 122 Å². The number of rotatable bonds is 2. The van der Waals surface area contributed by atoms with E-state index in [1.165, 1.54) is 11.3 Å². The minimum Gasteiger partial charge on any atom is -0.397 e. The number of aromatic nitrogens is 1. The summed E-state index contributed by atoms with van der Waals surface area (Å²) >= 11 is 1.41. The maximum atomic E-state index is 12.6. The number of pyridine rings is 1. The molecular formula is C15H19N3OS. The van der Waals surface area contributed by atoms with Crippen LogP contribution >= 0.6 is 11.3 Å². The molecule has 0 aliphatic carbocycles. The highest BCUT2D eigenvalue weighted by atomic mass is 32.1. The first-order chi connectivity index (χ1) is 9.60. The molecular weight excluding hydrogens is 270 g/mol. The van der Waals surface area contributed by atoms with Crippen LogP contribution in [0.25, 0.3) is 10.2 Å². The number of hydrogen-bond acceptors (Lipinski definition) is 4. The molecule has 2 aromatic rings. The molecule has 1 amide bonds. The number of nitrogen functional groups attached to an aromatic ring is 1. The normalized spacial score (nSPS) is 18.9. The van der Waals surface area contributed by atoms with Crippen LogP contribution in [0.15, 0.2) is 12.1 Å². The molecule has 1 fully saturated rings. The third kappa shape index (κ3) is 2.16. The first kappa shape index (κ1) is 13.4. The van der Waals surface area contributed by atoms with Crippen molar-refractivity contribution >= 4 is 33.1 Å². The van der Waals surface area contributed by atoms with Gasteiger partial charge in [0.2, 0.25) is 0 Å². The zero-order chi connectivity index (χ0) is 14.3. The van der Waals surface area contributed by atoms with Crippen molar-refractivity contribution in [1.82, 2.24) is 9.88 Å². The predicted octanol–water partition coefficient (Wildman–Crippen LogP) is 3.06. The Balaban J connectivity index is 1.94. The number of thiophene rings is 1. The smallest absolute Gasteiger partial charge is 0.266 e. The van der Waals surface area contributed by atoms with E-state index in [1.54, 1.807) is 0 Å². The van der Waals surface area contributed by atoms with Crippen molar-refractivity contribution in [2.24, 2.45) is 5.92 Å². The summed E-state index contributed by atoms with van der Waals surface area (Å²) in [4.78, 5) is 20.5. The molecule has 1 aliphatic heterocycles. The first-order valence-electron chi connectivity index (χ1n) is 7.05. The van der Waals surface area contributed by atoms with Crippen LogP contribution in [0.4, 0.5) is 5.69 Å². The molecule has 0 radical (unpaired) electrons. The monoisotopic (exact) mass is 289 g/mol. The number of amides is 1. The van der Waals surface area contributed by atoms with E-state index < -0.39 is 0 Å². The van der Waals surface area contributed by atoms with Crippen LogP contribution in [-0.2, 0) is 0 Å². The van der Waals surface area contributed by atoms with Gasteiger partial charge in [-0.15, -0.1) is 11.3 Å². The minimum atomic E-state index is 0.0686. The lowest BCUT2D eigenvalue weighted by atomic mass is 10.1. The second-order valence-electron chi connectivity index (χ2n) is 5.46. The quantitative estimate of drug-likeness (QED) is 0.924. The number of anilines is 1. The van der Waals surface area contributed by atoms with Gasteiger partial charge in [0.15, 0.2) is 0 Å². The summed E-state index contributed by atoms with van der Waals surface area (Å²) < 4.78 is 0. The largest absolute Gasteiger partial charge is 0.397 e. The van der Waals surface area contributed by atoms with Gasteiger partial charge < -0.3 is 10.6 Å². The van der Waals surface area contributed by atoms with Gasteiger partial charge in [0, 0.05) is 24.2 Å². The Hall–Kier alpha value is -1.62. The van der Waals surface area contributed by atoms with E-state index in [0.717, 1.165) is 41.8 Å². The van der Waals surface area contributed by atoms with E-state index in [0.29, 0.717) is 16.5 Å². The first-order valence-corrected chi connectivity index (χ1v) is 7.86. The SMILES string of the molecule is CCC1CCN(C(=O)c2sc3nc(C)ccc3c2N)C1. The molecule has 2 N–H and O–H groups in total. The summed E-state index contributed by atoms with van der Waals surface area (Å²) in [6.07, 6.45) is 2.23. The number of nitrogens with zero attached hydrogens (tertiary/aromatic N) is 2. The van der Waals surface area contributed by atoms with Gasteiger partial charge in [-0.2, -0.15) is 0 Å². The number of likely N-dealkylation sites (tertiary alicyclic amines) is 1. The van der Waals surface area contributed by atoms with Crippen molar-refractivity contribution in [1.29, 1.82) is 0 Å². The molecule has 0 bridgehead atoms. The van der Waals surface area contributed by atoms with Gasteiger partial charge in [0.1, 0.15) is 9.71 Å². The second kappa shape index (κ2) is 5.05. The number of carbonyl (C=O) groups is 1. The van der Waals surface area contributed by atoms with Crippen LogP contribution in [0, 0.1) is 12.8 Å². The van der Waals surface area contributed by atoms with Crippen LogP contribution < -0.4 is 5.73 Å². The number of fused-ring (bicyclic) bond motifs is 1. The van der Waals surface area contributed by atoms with Crippen molar-refractivity contribution in [2.45, 2.75) is 26.7 Å². The lowest BCUT2D eigenvalue weighted by Crippen LogP contribution is -2.28. The molecule has 3 rings (SSSR count). The Morgan fingerprint density at radius 1 is 1.55 bits per heavy atom. The zero-order valence-electron chi connectivity index (χ0n) is 11.8. The lowest BCUT2D eigenvalue weighted by molar-refractivity contribution is 0.0792. The van der Waals surface area contributed by atoms with Gasteiger partial charge in [-0.25, -0.2) is 4.98 Å². The number of hydrogen-bond donors (Lipinski definition) is 1. The fraction of sp³-hybridized carbons (Fsp3) is 0.467. The van der Waals surface area contributed by atoms with Crippen LogP contribution in [0.1, 0.15) is 35.1 Å². The molecule has 106 valence electrons. The third-order valence-corrected chi connectivity index (χ3v) is 5.18. The summed E-state index contributed by atoms with van der Waals surface area (Å²) in [5.74, 6) is 0.703. The van der Waals surface area contributed by atoms with Crippen molar-refractivity contribution in [3.05, 3.63) is 22.7 Å². The lowest BCUT2D eigenvalue weighted by Gasteiger charge is -2.15. The summed E-state index contributed by atoms with van der Waals surface area (Å²) in [6, 6.07) is 3.89. The van der Waals surface area contributed by atoms with Crippen LogP contribution in [-0.4, -0.2) is 28.9 Å². The van der Waals surface area contributed by atoms with Crippen LogP contribution in [0.2, 0.25) is 0 Å². The highest BCUT2D eigenvalue weighted by Crippen LogP contribution is 2.34. The fourth-order valence-electron chi connectivity index (χ4n) is 2.74. The molecule has 1 saturated heterocycles. The number of nitrogens with two attached hydrogens (primary N) is 1. The average Bonchev–Trinajstić information content (AvgIpc) is 3.03. The molecule has 0 spiro atoms. The van der Waals surface area contributed by atoms with Crippen LogP contribution in [0.3, 0.4) is 0 Å². The Kier molecular flexibility index (Phi) is 3.38. The predicted molar refractivity (Wildman–Crippen MR) is 83.1 cm³/mol. The molecule has 0 saturated carbocycles. The van der Waals surface area contributed by atoms with E-state index in [1.807, 2.05) is 24.0 Å². The van der Waals surface area contributed by atoms with E-state index in [2.05, 4.69) is 11.9 Å². The highest BCUT2D eigenvalue weighted by Gasteiger charge is 2.28. The van der Waals surface area contributed by atoms with Gasteiger partial charge in [0.05, 0.1) is 5.69 Å².